The summed E-state index contributed by atoms with van der Waals surface area (Å²) in [5, 5.41) is 1.84. The van der Waals surface area contributed by atoms with E-state index in [0.717, 1.165) is 54.6 Å². The summed E-state index contributed by atoms with van der Waals surface area (Å²) in [6.07, 6.45) is 0. The summed E-state index contributed by atoms with van der Waals surface area (Å²) < 4.78 is 23.8. The molecule has 154 valence electrons. The second kappa shape index (κ2) is 9.41. The van der Waals surface area contributed by atoms with E-state index in [1.54, 1.807) is 25.6 Å². The predicted octanol–water partition coefficient (Wildman–Crippen LogP) is 7.15. The second-order valence-corrected chi connectivity index (χ2v) is 8.31. The topological polar surface area (TPSA) is 36.9 Å². The number of hydrogen-bond donors (Lipinski definition) is 0. The average molecular weight is 485 g/mol. The van der Waals surface area contributed by atoms with Crippen LogP contribution in [0.4, 0.5) is 0 Å². The van der Waals surface area contributed by atoms with Crippen LogP contribution >= 0.6 is 27.3 Å². The molecule has 0 N–H and O–H groups in total. The second-order valence-electron chi connectivity index (χ2n) is 6.46. The number of methoxy groups -OCH3 is 2. The SMILES string of the molecule is COc1ccc(-c2sc3cc(OC)ccc3c2Oc2ccc(OCCBr)cc2)cc1. The number of ether oxygens (including phenoxy) is 4. The van der Waals surface area contributed by atoms with Gasteiger partial charge in [-0.1, -0.05) is 15.9 Å². The van der Waals surface area contributed by atoms with Crippen LogP contribution in [0.25, 0.3) is 20.5 Å². The Balaban J connectivity index is 1.74. The molecule has 0 amide bonds. The molecule has 30 heavy (non-hydrogen) atoms. The monoisotopic (exact) mass is 484 g/mol. The Bertz CT molecular complexity index is 1120. The van der Waals surface area contributed by atoms with E-state index in [9.17, 15) is 0 Å². The van der Waals surface area contributed by atoms with Crippen molar-refractivity contribution in [2.75, 3.05) is 26.2 Å². The van der Waals surface area contributed by atoms with Crippen molar-refractivity contribution in [1.82, 2.24) is 0 Å². The van der Waals surface area contributed by atoms with Gasteiger partial charge in [0, 0.05) is 15.4 Å². The lowest BCUT2D eigenvalue weighted by Crippen LogP contribution is -1.97. The van der Waals surface area contributed by atoms with Crippen molar-refractivity contribution >= 4 is 37.4 Å². The molecule has 0 saturated carbocycles. The van der Waals surface area contributed by atoms with Crippen LogP contribution in [0.3, 0.4) is 0 Å². The minimum absolute atomic E-state index is 0.624. The first-order chi connectivity index (χ1) is 14.7. The molecule has 0 spiro atoms. The van der Waals surface area contributed by atoms with E-state index in [2.05, 4.69) is 15.9 Å². The summed E-state index contributed by atoms with van der Waals surface area (Å²) in [5.74, 6) is 4.05. The molecule has 0 aliphatic heterocycles. The normalized spacial score (nSPS) is 10.8. The molecule has 0 atom stereocenters. The van der Waals surface area contributed by atoms with Crippen LogP contribution in [0.2, 0.25) is 0 Å². The highest BCUT2D eigenvalue weighted by Crippen LogP contribution is 2.47. The Morgan fingerprint density at radius 3 is 2.07 bits per heavy atom. The van der Waals surface area contributed by atoms with Crippen LogP contribution in [-0.4, -0.2) is 26.2 Å². The van der Waals surface area contributed by atoms with E-state index in [1.807, 2.05) is 66.7 Å². The first-order valence-corrected chi connectivity index (χ1v) is 11.4. The molecule has 1 aromatic heterocycles. The van der Waals surface area contributed by atoms with E-state index >= 15 is 0 Å². The predicted molar refractivity (Wildman–Crippen MR) is 126 cm³/mol. The summed E-state index contributed by atoms with van der Waals surface area (Å²) in [7, 11) is 3.34. The van der Waals surface area contributed by atoms with Gasteiger partial charge < -0.3 is 18.9 Å². The third kappa shape index (κ3) is 4.40. The van der Waals surface area contributed by atoms with Gasteiger partial charge in [-0.25, -0.2) is 0 Å². The molecule has 0 bridgehead atoms. The van der Waals surface area contributed by atoms with Crippen LogP contribution in [0.5, 0.6) is 28.7 Å². The van der Waals surface area contributed by atoms with Gasteiger partial charge in [0.2, 0.25) is 0 Å². The average Bonchev–Trinajstić information content (AvgIpc) is 3.16. The van der Waals surface area contributed by atoms with Gasteiger partial charge in [-0.05, 0) is 72.3 Å². The molecular formula is C24H21BrO4S. The number of halogens is 1. The van der Waals surface area contributed by atoms with Gasteiger partial charge in [0.1, 0.15) is 23.0 Å². The molecule has 0 saturated heterocycles. The van der Waals surface area contributed by atoms with Crippen molar-refractivity contribution in [1.29, 1.82) is 0 Å². The number of fused-ring (bicyclic) bond motifs is 1. The molecule has 4 nitrogen and oxygen atoms in total. The molecule has 1 heterocycles. The quantitative estimate of drug-likeness (QED) is 0.248. The van der Waals surface area contributed by atoms with E-state index < -0.39 is 0 Å². The fourth-order valence-corrected chi connectivity index (χ4v) is 4.42. The summed E-state index contributed by atoms with van der Waals surface area (Å²) in [5.41, 5.74) is 1.07. The summed E-state index contributed by atoms with van der Waals surface area (Å²) in [6.45, 7) is 0.624. The maximum Gasteiger partial charge on any atom is 0.153 e. The molecule has 4 aromatic rings. The van der Waals surface area contributed by atoms with E-state index in [4.69, 9.17) is 18.9 Å². The van der Waals surface area contributed by atoms with Gasteiger partial charge in [-0.15, -0.1) is 11.3 Å². The van der Waals surface area contributed by atoms with Gasteiger partial charge in [-0.2, -0.15) is 0 Å². The van der Waals surface area contributed by atoms with Crippen LogP contribution in [0.1, 0.15) is 0 Å². The minimum Gasteiger partial charge on any atom is -0.497 e. The summed E-state index contributed by atoms with van der Waals surface area (Å²) >= 11 is 5.05. The van der Waals surface area contributed by atoms with Gasteiger partial charge in [0.25, 0.3) is 0 Å². The number of thiophene rings is 1. The Morgan fingerprint density at radius 2 is 1.40 bits per heavy atom. The van der Waals surface area contributed by atoms with E-state index in [-0.39, 0.29) is 0 Å². The van der Waals surface area contributed by atoms with Crippen molar-refractivity contribution < 1.29 is 18.9 Å². The fourth-order valence-electron chi connectivity index (χ4n) is 3.09. The highest BCUT2D eigenvalue weighted by Gasteiger charge is 2.17. The summed E-state index contributed by atoms with van der Waals surface area (Å²) in [6, 6.07) is 21.7. The Morgan fingerprint density at radius 1 is 0.767 bits per heavy atom. The molecule has 6 heteroatoms. The number of benzene rings is 3. The molecule has 0 radical (unpaired) electrons. The van der Waals surface area contributed by atoms with Crippen molar-refractivity contribution in [3.63, 3.8) is 0 Å². The Kier molecular flexibility index (Phi) is 6.45. The lowest BCUT2D eigenvalue weighted by Gasteiger charge is -2.10. The third-order valence-corrected chi connectivity index (χ3v) is 6.10. The van der Waals surface area contributed by atoms with Crippen molar-refractivity contribution in [3.05, 3.63) is 66.7 Å². The molecule has 0 fully saturated rings. The highest BCUT2D eigenvalue weighted by atomic mass is 79.9. The highest BCUT2D eigenvalue weighted by molar-refractivity contribution is 9.09. The van der Waals surface area contributed by atoms with Crippen LogP contribution < -0.4 is 18.9 Å². The summed E-state index contributed by atoms with van der Waals surface area (Å²) in [4.78, 5) is 1.06. The molecular weight excluding hydrogens is 464 g/mol. The molecule has 3 aromatic carbocycles. The standard InChI is InChI=1S/C24H21BrO4S/c1-26-17-5-3-16(4-6-17)24-23(21-12-11-20(27-2)15-22(21)30-24)29-19-9-7-18(8-10-19)28-14-13-25/h3-12,15H,13-14H2,1-2H3. The van der Waals surface area contributed by atoms with Gasteiger partial charge in [0.05, 0.1) is 25.7 Å². The van der Waals surface area contributed by atoms with Crippen LogP contribution in [0.15, 0.2) is 66.7 Å². The first-order valence-electron chi connectivity index (χ1n) is 9.43. The zero-order chi connectivity index (χ0) is 20.9. The maximum absolute atomic E-state index is 6.38. The number of alkyl halides is 1. The first kappa shape index (κ1) is 20.6. The molecule has 0 unspecified atom stereocenters. The lowest BCUT2D eigenvalue weighted by atomic mass is 10.1. The van der Waals surface area contributed by atoms with Gasteiger partial charge >= 0.3 is 0 Å². The molecule has 0 aliphatic rings. The molecule has 4 rings (SSSR count). The van der Waals surface area contributed by atoms with Crippen molar-refractivity contribution in [2.45, 2.75) is 0 Å². The van der Waals surface area contributed by atoms with Crippen molar-refractivity contribution in [3.8, 4) is 39.2 Å². The smallest absolute Gasteiger partial charge is 0.153 e. The lowest BCUT2D eigenvalue weighted by molar-refractivity contribution is 0.344. The maximum atomic E-state index is 6.38. The van der Waals surface area contributed by atoms with Gasteiger partial charge in [-0.3, -0.25) is 0 Å². The van der Waals surface area contributed by atoms with E-state index in [1.165, 1.54) is 0 Å². The largest absolute Gasteiger partial charge is 0.497 e. The van der Waals surface area contributed by atoms with Crippen LogP contribution in [-0.2, 0) is 0 Å². The fraction of sp³-hybridized carbons (Fsp3) is 0.167. The number of hydrogen-bond acceptors (Lipinski definition) is 5. The third-order valence-electron chi connectivity index (χ3n) is 4.59. The molecule has 0 aliphatic carbocycles. The van der Waals surface area contributed by atoms with Gasteiger partial charge in [0.15, 0.2) is 5.75 Å². The minimum atomic E-state index is 0.624. The van der Waals surface area contributed by atoms with Crippen molar-refractivity contribution in [2.24, 2.45) is 0 Å². The number of rotatable bonds is 8. The zero-order valence-corrected chi connectivity index (χ0v) is 19.1. The van der Waals surface area contributed by atoms with E-state index in [0.29, 0.717) is 6.61 Å². The Labute approximate surface area is 188 Å². The van der Waals surface area contributed by atoms with Crippen LogP contribution in [0, 0.1) is 0 Å². The zero-order valence-electron chi connectivity index (χ0n) is 16.7. The Hall–Kier alpha value is -2.70.